The molecule has 1 nitrogen and oxygen atoms in total. The lowest BCUT2D eigenvalue weighted by Gasteiger charge is -2.31. The lowest BCUT2D eigenvalue weighted by Crippen LogP contribution is -2.33. The van der Waals surface area contributed by atoms with Gasteiger partial charge in [0.2, 0.25) is 0 Å². The van der Waals surface area contributed by atoms with E-state index < -0.39 is 5.67 Å². The van der Waals surface area contributed by atoms with Crippen molar-refractivity contribution in [3.05, 3.63) is 35.5 Å². The van der Waals surface area contributed by atoms with Crippen LogP contribution in [-0.2, 0) is 0 Å². The van der Waals surface area contributed by atoms with Crippen molar-refractivity contribution >= 4 is 0 Å². The van der Waals surface area contributed by atoms with E-state index in [1.807, 2.05) is 0 Å². The molecule has 0 amide bonds. The minimum atomic E-state index is -1.10. The van der Waals surface area contributed by atoms with Crippen molar-refractivity contribution < 1.29 is 4.39 Å². The zero-order valence-corrected chi connectivity index (χ0v) is 16.7. The fourth-order valence-corrected chi connectivity index (χ4v) is 4.02. The summed E-state index contributed by atoms with van der Waals surface area (Å²) in [5, 5.41) is 0. The molecule has 142 valence electrons. The van der Waals surface area contributed by atoms with E-state index in [0.29, 0.717) is 6.42 Å². The Balaban J connectivity index is 1.75. The van der Waals surface area contributed by atoms with E-state index in [9.17, 15) is 4.39 Å². The Morgan fingerprint density at radius 1 is 1.28 bits per heavy atom. The van der Waals surface area contributed by atoms with Gasteiger partial charge in [0.05, 0.1) is 0 Å². The van der Waals surface area contributed by atoms with Crippen LogP contribution in [0, 0.1) is 5.92 Å². The molecule has 0 atom stereocenters. The average Bonchev–Trinajstić information content (AvgIpc) is 2.57. The predicted molar refractivity (Wildman–Crippen MR) is 108 cm³/mol. The fourth-order valence-electron chi connectivity index (χ4n) is 4.02. The number of rotatable bonds is 8. The van der Waals surface area contributed by atoms with E-state index in [1.54, 1.807) is 13.8 Å². The number of allylic oxidation sites excluding steroid dienone is 3. The van der Waals surface area contributed by atoms with E-state index >= 15 is 0 Å². The molecule has 1 heterocycles. The van der Waals surface area contributed by atoms with Crippen molar-refractivity contribution in [3.63, 3.8) is 0 Å². The van der Waals surface area contributed by atoms with Gasteiger partial charge in [-0.25, -0.2) is 4.39 Å². The van der Waals surface area contributed by atoms with E-state index in [2.05, 4.69) is 30.6 Å². The zero-order chi connectivity index (χ0) is 18.3. The van der Waals surface area contributed by atoms with Gasteiger partial charge in [-0.1, -0.05) is 62.0 Å². The van der Waals surface area contributed by atoms with Gasteiger partial charge in [-0.2, -0.15) is 0 Å². The maximum absolute atomic E-state index is 13.6. The minimum absolute atomic E-state index is 0.545. The highest BCUT2D eigenvalue weighted by Gasteiger charge is 2.18. The predicted octanol–water partition coefficient (Wildman–Crippen LogP) is 6.62. The maximum atomic E-state index is 13.6. The van der Waals surface area contributed by atoms with Crippen LogP contribution in [-0.4, -0.2) is 30.2 Å². The topological polar surface area (TPSA) is 3.24 Å². The Morgan fingerprint density at radius 3 is 2.64 bits per heavy atom. The van der Waals surface area contributed by atoms with Gasteiger partial charge in [-0.15, -0.1) is 0 Å². The summed E-state index contributed by atoms with van der Waals surface area (Å²) in [7, 11) is 0. The van der Waals surface area contributed by atoms with Gasteiger partial charge in [-0.3, -0.25) is 4.90 Å². The smallest absolute Gasteiger partial charge is 0.105 e. The van der Waals surface area contributed by atoms with Crippen molar-refractivity contribution in [2.45, 2.75) is 84.2 Å². The van der Waals surface area contributed by atoms with Crippen molar-refractivity contribution in [1.82, 2.24) is 4.90 Å². The standard InChI is InChI=1S/C23H38FN/c1-19(12-15-23(3,4)24)10-11-22-14-17-25(18-20(22)2)16-13-21-8-6-5-7-9-21/h10-11,21H,1,5-9,12-18H2,2-4H3/b11-10-. The molecule has 0 spiro atoms. The molecule has 0 aromatic carbocycles. The van der Waals surface area contributed by atoms with Crippen LogP contribution in [0.4, 0.5) is 4.39 Å². The van der Waals surface area contributed by atoms with Crippen LogP contribution in [0.25, 0.3) is 0 Å². The van der Waals surface area contributed by atoms with Gasteiger partial charge in [0, 0.05) is 13.1 Å². The Labute approximate surface area is 155 Å². The third kappa shape index (κ3) is 7.90. The number of alkyl halides is 1. The molecular formula is C23H38FN. The third-order valence-corrected chi connectivity index (χ3v) is 5.85. The molecule has 25 heavy (non-hydrogen) atoms. The third-order valence-electron chi connectivity index (χ3n) is 5.85. The monoisotopic (exact) mass is 347 g/mol. The Kier molecular flexibility index (Phi) is 7.93. The Morgan fingerprint density at radius 2 is 2.00 bits per heavy atom. The van der Waals surface area contributed by atoms with Gasteiger partial charge < -0.3 is 0 Å². The van der Waals surface area contributed by atoms with Crippen LogP contribution < -0.4 is 0 Å². The highest BCUT2D eigenvalue weighted by molar-refractivity contribution is 5.32. The maximum Gasteiger partial charge on any atom is 0.105 e. The highest BCUT2D eigenvalue weighted by atomic mass is 19.1. The summed E-state index contributed by atoms with van der Waals surface area (Å²) >= 11 is 0. The molecule has 0 saturated heterocycles. The van der Waals surface area contributed by atoms with E-state index in [4.69, 9.17) is 0 Å². The molecule has 0 unspecified atom stereocenters. The second-order valence-corrected chi connectivity index (χ2v) is 8.83. The molecule has 1 aliphatic carbocycles. The molecule has 1 fully saturated rings. The van der Waals surface area contributed by atoms with Crippen molar-refractivity contribution in [2.75, 3.05) is 19.6 Å². The summed E-state index contributed by atoms with van der Waals surface area (Å²) in [6.45, 7) is 13.2. The van der Waals surface area contributed by atoms with Gasteiger partial charge in [0.25, 0.3) is 0 Å². The summed E-state index contributed by atoms with van der Waals surface area (Å²) in [6, 6.07) is 0. The first kappa shape index (κ1) is 20.4. The quantitative estimate of drug-likeness (QED) is 0.446. The lowest BCUT2D eigenvalue weighted by molar-refractivity contribution is 0.202. The molecule has 0 N–H and O–H groups in total. The van der Waals surface area contributed by atoms with Crippen LogP contribution in [0.1, 0.15) is 78.6 Å². The molecule has 0 aromatic rings. The van der Waals surface area contributed by atoms with Crippen molar-refractivity contribution in [2.24, 2.45) is 5.92 Å². The number of nitrogens with zero attached hydrogens (tertiary/aromatic N) is 1. The second kappa shape index (κ2) is 9.71. The van der Waals surface area contributed by atoms with Gasteiger partial charge >= 0.3 is 0 Å². The zero-order valence-electron chi connectivity index (χ0n) is 16.7. The summed E-state index contributed by atoms with van der Waals surface area (Å²) in [6.07, 6.45) is 15.4. The van der Waals surface area contributed by atoms with E-state index in [1.165, 1.54) is 62.8 Å². The molecule has 2 heteroatoms. The molecule has 0 bridgehead atoms. The summed E-state index contributed by atoms with van der Waals surface area (Å²) in [5.74, 6) is 0.974. The first-order valence-electron chi connectivity index (χ1n) is 10.3. The first-order chi connectivity index (χ1) is 11.8. The van der Waals surface area contributed by atoms with Crippen LogP contribution in [0.3, 0.4) is 0 Å². The molecule has 0 radical (unpaired) electrons. The SMILES string of the molecule is C=C(/C=C\C1=C(C)CN(CCC2CCCCC2)CC1)CCC(C)(C)F. The number of hydrogen-bond acceptors (Lipinski definition) is 1. The van der Waals surface area contributed by atoms with Crippen LogP contribution in [0.5, 0.6) is 0 Å². The van der Waals surface area contributed by atoms with Crippen molar-refractivity contribution in [3.8, 4) is 0 Å². The van der Waals surface area contributed by atoms with Crippen LogP contribution >= 0.6 is 0 Å². The van der Waals surface area contributed by atoms with Crippen molar-refractivity contribution in [1.29, 1.82) is 0 Å². The second-order valence-electron chi connectivity index (χ2n) is 8.83. The fraction of sp³-hybridized carbons (Fsp3) is 0.739. The van der Waals surface area contributed by atoms with Crippen LogP contribution in [0.2, 0.25) is 0 Å². The molecule has 1 aliphatic heterocycles. The highest BCUT2D eigenvalue weighted by Crippen LogP contribution is 2.27. The summed E-state index contributed by atoms with van der Waals surface area (Å²) in [4.78, 5) is 2.63. The van der Waals surface area contributed by atoms with Crippen LogP contribution in [0.15, 0.2) is 35.5 Å². The minimum Gasteiger partial charge on any atom is -0.299 e. The molecule has 0 aromatic heterocycles. The normalized spacial score (nSPS) is 21.3. The number of halogens is 1. The molecule has 2 rings (SSSR count). The Bertz CT molecular complexity index is 489. The largest absolute Gasteiger partial charge is 0.299 e. The molecular weight excluding hydrogens is 309 g/mol. The molecule has 2 aliphatic rings. The summed E-state index contributed by atoms with van der Waals surface area (Å²) < 4.78 is 13.6. The van der Waals surface area contributed by atoms with Gasteiger partial charge in [0.15, 0.2) is 0 Å². The van der Waals surface area contributed by atoms with Gasteiger partial charge in [0.1, 0.15) is 5.67 Å². The van der Waals surface area contributed by atoms with E-state index in [-0.39, 0.29) is 0 Å². The lowest BCUT2D eigenvalue weighted by atomic mass is 9.86. The Hall–Kier alpha value is -0.890. The average molecular weight is 348 g/mol. The summed E-state index contributed by atoms with van der Waals surface area (Å²) in [5.41, 5.74) is 2.88. The molecule has 1 saturated carbocycles. The number of hydrogen-bond donors (Lipinski definition) is 0. The van der Waals surface area contributed by atoms with E-state index in [0.717, 1.165) is 30.9 Å². The van der Waals surface area contributed by atoms with Gasteiger partial charge in [-0.05, 0) is 64.5 Å². The first-order valence-corrected chi connectivity index (χ1v) is 10.3.